The van der Waals surface area contributed by atoms with E-state index >= 15 is 0 Å². The van der Waals surface area contributed by atoms with E-state index in [1.54, 1.807) is 6.20 Å². The van der Waals surface area contributed by atoms with Crippen LogP contribution in [0.4, 0.5) is 5.69 Å². The number of rotatable bonds is 4. The molecule has 1 aliphatic carbocycles. The fourth-order valence-corrected chi connectivity index (χ4v) is 4.18. The van der Waals surface area contributed by atoms with Gasteiger partial charge in [0, 0.05) is 11.6 Å². The molecule has 26 heavy (non-hydrogen) atoms. The van der Waals surface area contributed by atoms with Gasteiger partial charge < -0.3 is 5.32 Å². The highest BCUT2D eigenvalue weighted by Gasteiger charge is 2.31. The molecule has 0 aliphatic heterocycles. The molecule has 0 bridgehead atoms. The molecule has 3 nitrogen and oxygen atoms in total. The first-order valence-electron chi connectivity index (χ1n) is 9.52. The fourth-order valence-electron chi connectivity index (χ4n) is 4.18. The lowest BCUT2D eigenvalue weighted by Crippen LogP contribution is -2.29. The van der Waals surface area contributed by atoms with Gasteiger partial charge in [-0.25, -0.2) is 0 Å². The number of pyridine rings is 1. The highest BCUT2D eigenvalue weighted by atomic mass is 16.1. The van der Waals surface area contributed by atoms with Crippen LogP contribution in [0, 0.1) is 5.92 Å². The number of hydrogen-bond donors (Lipinski definition) is 1. The van der Waals surface area contributed by atoms with Crippen LogP contribution in [0.1, 0.15) is 43.6 Å². The number of nitrogens with one attached hydrogen (secondary N) is 1. The Kier molecular flexibility index (Phi) is 4.96. The second-order valence-electron chi connectivity index (χ2n) is 7.16. The third kappa shape index (κ3) is 3.48. The summed E-state index contributed by atoms with van der Waals surface area (Å²) in [5.74, 6) is 0.394. The van der Waals surface area contributed by atoms with Gasteiger partial charge >= 0.3 is 0 Å². The first-order valence-corrected chi connectivity index (χ1v) is 9.52. The van der Waals surface area contributed by atoms with Gasteiger partial charge in [-0.15, -0.1) is 0 Å². The Morgan fingerprint density at radius 1 is 0.923 bits per heavy atom. The van der Waals surface area contributed by atoms with Crippen LogP contribution in [0.3, 0.4) is 0 Å². The third-order valence-electron chi connectivity index (χ3n) is 5.45. The van der Waals surface area contributed by atoms with E-state index in [4.69, 9.17) is 0 Å². The van der Waals surface area contributed by atoms with Crippen LogP contribution in [0.25, 0.3) is 10.9 Å². The molecule has 1 unspecified atom stereocenters. The zero-order chi connectivity index (χ0) is 17.8. The van der Waals surface area contributed by atoms with Crippen LogP contribution in [0.5, 0.6) is 0 Å². The van der Waals surface area contributed by atoms with E-state index in [0.29, 0.717) is 5.92 Å². The fraction of sp³-hybridized carbons (Fsp3) is 0.304. The van der Waals surface area contributed by atoms with Gasteiger partial charge in [-0.3, -0.25) is 9.78 Å². The molecule has 1 atom stereocenters. The lowest BCUT2D eigenvalue weighted by Gasteiger charge is -2.30. The summed E-state index contributed by atoms with van der Waals surface area (Å²) in [5.41, 5.74) is 2.76. The second kappa shape index (κ2) is 7.69. The molecule has 4 rings (SSSR count). The van der Waals surface area contributed by atoms with Crippen molar-refractivity contribution in [1.82, 2.24) is 4.98 Å². The van der Waals surface area contributed by atoms with Crippen molar-refractivity contribution in [3.8, 4) is 0 Å². The number of carbonyl (C=O) groups excluding carboxylic acids is 1. The van der Waals surface area contributed by atoms with Crippen molar-refractivity contribution in [3.63, 3.8) is 0 Å². The Bertz CT molecular complexity index is 880. The maximum absolute atomic E-state index is 13.3. The smallest absolute Gasteiger partial charge is 0.232 e. The Balaban J connectivity index is 1.65. The van der Waals surface area contributed by atoms with Crippen LogP contribution < -0.4 is 5.32 Å². The first kappa shape index (κ1) is 16.8. The molecule has 0 radical (unpaired) electrons. The van der Waals surface area contributed by atoms with Gasteiger partial charge in [0.25, 0.3) is 0 Å². The Morgan fingerprint density at radius 3 is 2.50 bits per heavy atom. The normalized spacial score (nSPS) is 16.3. The minimum absolute atomic E-state index is 0.0845. The number of aromatic nitrogens is 1. The predicted octanol–water partition coefficient (Wildman–Crippen LogP) is 5.54. The SMILES string of the molecule is O=C(Nc1cccc2cccnc12)C(c1ccccc1)C1CCCCC1. The number of benzene rings is 2. The number of para-hydroxylation sites is 1. The van der Waals surface area contributed by atoms with Crippen molar-refractivity contribution in [2.75, 3.05) is 5.32 Å². The molecule has 1 saturated carbocycles. The summed E-state index contributed by atoms with van der Waals surface area (Å²) in [6.07, 6.45) is 7.75. The number of hydrogen-bond acceptors (Lipinski definition) is 2. The molecule has 1 N–H and O–H groups in total. The maximum Gasteiger partial charge on any atom is 0.232 e. The molecule has 2 aromatic carbocycles. The van der Waals surface area contributed by atoms with Crippen molar-refractivity contribution >= 4 is 22.5 Å². The van der Waals surface area contributed by atoms with E-state index in [2.05, 4.69) is 22.4 Å². The lowest BCUT2D eigenvalue weighted by molar-refractivity contribution is -0.119. The van der Waals surface area contributed by atoms with E-state index < -0.39 is 0 Å². The largest absolute Gasteiger partial charge is 0.324 e. The molecule has 3 aromatic rings. The summed E-state index contributed by atoms with van der Waals surface area (Å²) in [5, 5.41) is 4.22. The molecule has 0 saturated heterocycles. The molecule has 3 heteroatoms. The summed E-state index contributed by atoms with van der Waals surface area (Å²) in [7, 11) is 0. The number of nitrogens with zero attached hydrogens (tertiary/aromatic N) is 1. The summed E-state index contributed by atoms with van der Waals surface area (Å²) >= 11 is 0. The lowest BCUT2D eigenvalue weighted by atomic mass is 9.76. The van der Waals surface area contributed by atoms with Gasteiger partial charge in [-0.1, -0.05) is 67.8 Å². The van der Waals surface area contributed by atoms with Gasteiger partial charge in [-0.05, 0) is 36.5 Å². The van der Waals surface area contributed by atoms with Crippen molar-refractivity contribution in [3.05, 3.63) is 72.4 Å². The Hall–Kier alpha value is -2.68. The zero-order valence-electron chi connectivity index (χ0n) is 14.9. The van der Waals surface area contributed by atoms with Gasteiger partial charge in [0.1, 0.15) is 0 Å². The molecule has 1 aromatic heterocycles. The van der Waals surface area contributed by atoms with E-state index in [1.165, 1.54) is 19.3 Å². The summed E-state index contributed by atoms with van der Waals surface area (Å²) in [6.45, 7) is 0. The van der Waals surface area contributed by atoms with E-state index in [0.717, 1.165) is 35.0 Å². The topological polar surface area (TPSA) is 42.0 Å². The third-order valence-corrected chi connectivity index (χ3v) is 5.45. The van der Waals surface area contributed by atoms with E-state index in [9.17, 15) is 4.79 Å². The number of carbonyl (C=O) groups is 1. The molecule has 1 aliphatic rings. The molecule has 0 spiro atoms. The molecule has 1 heterocycles. The number of fused-ring (bicyclic) bond motifs is 1. The van der Waals surface area contributed by atoms with E-state index in [1.807, 2.05) is 48.5 Å². The molecule has 1 amide bonds. The van der Waals surface area contributed by atoms with Gasteiger partial charge in [-0.2, -0.15) is 0 Å². The summed E-state index contributed by atoms with van der Waals surface area (Å²) in [4.78, 5) is 17.8. The first-order chi connectivity index (χ1) is 12.8. The molecule has 132 valence electrons. The van der Waals surface area contributed by atoms with Crippen molar-refractivity contribution in [2.24, 2.45) is 5.92 Å². The zero-order valence-corrected chi connectivity index (χ0v) is 14.9. The standard InChI is InChI=1S/C23H24N2O/c26-23(25-20-15-7-13-19-14-8-16-24-22(19)20)21(17-9-3-1-4-10-17)18-11-5-2-6-12-18/h1,3-4,7-10,13-16,18,21H,2,5-6,11-12H2,(H,25,26). The second-order valence-corrected chi connectivity index (χ2v) is 7.16. The van der Waals surface area contributed by atoms with Crippen LogP contribution in [-0.2, 0) is 4.79 Å². The minimum Gasteiger partial charge on any atom is -0.324 e. The van der Waals surface area contributed by atoms with Crippen LogP contribution in [0.2, 0.25) is 0 Å². The molecular weight excluding hydrogens is 320 g/mol. The van der Waals surface area contributed by atoms with Gasteiger partial charge in [0.05, 0.1) is 17.1 Å². The van der Waals surface area contributed by atoms with E-state index in [-0.39, 0.29) is 11.8 Å². The van der Waals surface area contributed by atoms with Crippen molar-refractivity contribution in [1.29, 1.82) is 0 Å². The summed E-state index contributed by atoms with van der Waals surface area (Å²) in [6, 6.07) is 20.1. The monoisotopic (exact) mass is 344 g/mol. The highest BCUT2D eigenvalue weighted by molar-refractivity contribution is 6.02. The number of anilines is 1. The van der Waals surface area contributed by atoms with Crippen LogP contribution >= 0.6 is 0 Å². The van der Waals surface area contributed by atoms with Gasteiger partial charge in [0.15, 0.2) is 0 Å². The summed E-state index contributed by atoms with van der Waals surface area (Å²) < 4.78 is 0. The average Bonchev–Trinajstić information content (AvgIpc) is 2.70. The molecular formula is C23H24N2O. The average molecular weight is 344 g/mol. The molecule has 1 fully saturated rings. The predicted molar refractivity (Wildman–Crippen MR) is 106 cm³/mol. The van der Waals surface area contributed by atoms with Crippen LogP contribution in [-0.4, -0.2) is 10.9 Å². The van der Waals surface area contributed by atoms with Crippen molar-refractivity contribution in [2.45, 2.75) is 38.0 Å². The quantitative estimate of drug-likeness (QED) is 0.675. The number of amides is 1. The van der Waals surface area contributed by atoms with Crippen LogP contribution in [0.15, 0.2) is 66.9 Å². The van der Waals surface area contributed by atoms with Gasteiger partial charge in [0.2, 0.25) is 5.91 Å². The van der Waals surface area contributed by atoms with Crippen molar-refractivity contribution < 1.29 is 4.79 Å². The Morgan fingerprint density at radius 2 is 1.69 bits per heavy atom. The highest BCUT2D eigenvalue weighted by Crippen LogP contribution is 2.37. The minimum atomic E-state index is -0.101. The maximum atomic E-state index is 13.3. The Labute approximate surface area is 154 Å².